The van der Waals surface area contributed by atoms with Gasteiger partial charge in [0.2, 0.25) is 0 Å². The monoisotopic (exact) mass is 264 g/mol. The summed E-state index contributed by atoms with van der Waals surface area (Å²) in [6.07, 6.45) is 1.77. The minimum absolute atomic E-state index is 0.0814. The molecule has 0 spiro atoms. The first-order valence-corrected chi connectivity index (χ1v) is 6.68. The van der Waals surface area contributed by atoms with E-state index in [2.05, 4.69) is 24.1 Å². The number of anilines is 1. The fraction of sp³-hybridized carbons (Fsp3) is 0.500. The Bertz CT molecular complexity index is 455. The van der Waals surface area contributed by atoms with Crippen LogP contribution in [0.25, 0.3) is 0 Å². The van der Waals surface area contributed by atoms with Crippen molar-refractivity contribution in [2.45, 2.75) is 25.9 Å². The summed E-state index contributed by atoms with van der Waals surface area (Å²) in [6, 6.07) is 6.15. The molecule has 3 nitrogen and oxygen atoms in total. The molecular formula is C14H20N2OS. The SMILES string of the molecule is Cc1cc(N(C)CC2CC(O)C2)ccc1C(N)=S. The van der Waals surface area contributed by atoms with Crippen molar-refractivity contribution in [1.29, 1.82) is 0 Å². The van der Waals surface area contributed by atoms with E-state index in [-0.39, 0.29) is 6.10 Å². The Morgan fingerprint density at radius 1 is 1.50 bits per heavy atom. The van der Waals surface area contributed by atoms with Crippen molar-refractivity contribution in [1.82, 2.24) is 0 Å². The molecular weight excluding hydrogens is 244 g/mol. The molecule has 0 radical (unpaired) electrons. The predicted molar refractivity (Wildman–Crippen MR) is 79.1 cm³/mol. The van der Waals surface area contributed by atoms with Crippen LogP contribution in [-0.4, -0.2) is 29.8 Å². The van der Waals surface area contributed by atoms with Crippen LogP contribution in [-0.2, 0) is 0 Å². The van der Waals surface area contributed by atoms with Crippen LogP contribution in [0.5, 0.6) is 0 Å². The third-order valence-electron chi connectivity index (χ3n) is 3.66. The number of nitrogens with two attached hydrogens (primary N) is 1. The van der Waals surface area contributed by atoms with Crippen LogP contribution in [0, 0.1) is 12.8 Å². The van der Waals surface area contributed by atoms with Gasteiger partial charge in [0, 0.05) is 24.8 Å². The predicted octanol–water partition coefficient (Wildman–Crippen LogP) is 1.84. The average Bonchev–Trinajstić information content (AvgIpc) is 2.26. The van der Waals surface area contributed by atoms with Crippen LogP contribution in [0.1, 0.15) is 24.0 Å². The second kappa shape index (κ2) is 5.24. The van der Waals surface area contributed by atoms with Crippen molar-refractivity contribution in [3.05, 3.63) is 29.3 Å². The van der Waals surface area contributed by atoms with E-state index in [0.29, 0.717) is 10.9 Å². The first kappa shape index (κ1) is 13.3. The molecule has 0 saturated heterocycles. The van der Waals surface area contributed by atoms with Gasteiger partial charge in [-0.3, -0.25) is 0 Å². The zero-order valence-electron chi connectivity index (χ0n) is 10.9. The van der Waals surface area contributed by atoms with Crippen molar-refractivity contribution in [3.63, 3.8) is 0 Å². The van der Waals surface area contributed by atoms with Crippen molar-refractivity contribution in [2.75, 3.05) is 18.5 Å². The maximum absolute atomic E-state index is 9.30. The van der Waals surface area contributed by atoms with Crippen LogP contribution in [0.15, 0.2) is 18.2 Å². The molecule has 98 valence electrons. The van der Waals surface area contributed by atoms with Crippen LogP contribution in [0.2, 0.25) is 0 Å². The number of thiocarbonyl (C=S) groups is 1. The van der Waals surface area contributed by atoms with Crippen molar-refractivity contribution < 1.29 is 5.11 Å². The molecule has 1 saturated carbocycles. The standard InChI is InChI=1S/C14H20N2OS/c1-9-5-11(3-4-13(9)14(15)18)16(2)8-10-6-12(17)7-10/h3-5,10,12,17H,6-8H2,1-2H3,(H2,15,18). The maximum atomic E-state index is 9.30. The molecule has 1 aromatic rings. The molecule has 3 N–H and O–H groups in total. The number of nitrogens with zero attached hydrogens (tertiary/aromatic N) is 1. The third kappa shape index (κ3) is 2.82. The number of benzene rings is 1. The van der Waals surface area contributed by atoms with E-state index < -0.39 is 0 Å². The van der Waals surface area contributed by atoms with Crippen LogP contribution >= 0.6 is 12.2 Å². The Labute approximate surface area is 114 Å². The quantitative estimate of drug-likeness (QED) is 0.815. The lowest BCUT2D eigenvalue weighted by Crippen LogP contribution is -2.37. The Morgan fingerprint density at radius 2 is 2.17 bits per heavy atom. The van der Waals surface area contributed by atoms with E-state index in [4.69, 9.17) is 18.0 Å². The summed E-state index contributed by atoms with van der Waals surface area (Å²) in [5.41, 5.74) is 8.89. The molecule has 0 heterocycles. The van der Waals surface area contributed by atoms with E-state index in [0.717, 1.165) is 30.5 Å². The van der Waals surface area contributed by atoms with Gasteiger partial charge in [0.1, 0.15) is 4.99 Å². The second-order valence-electron chi connectivity index (χ2n) is 5.24. The zero-order chi connectivity index (χ0) is 13.3. The van der Waals surface area contributed by atoms with Gasteiger partial charge in [-0.1, -0.05) is 12.2 Å². The van der Waals surface area contributed by atoms with E-state index in [1.165, 1.54) is 5.69 Å². The highest BCUT2D eigenvalue weighted by Crippen LogP contribution is 2.29. The summed E-state index contributed by atoms with van der Waals surface area (Å²) in [7, 11) is 2.08. The molecule has 1 aliphatic rings. The topological polar surface area (TPSA) is 49.5 Å². The van der Waals surface area contributed by atoms with E-state index in [1.807, 2.05) is 13.0 Å². The van der Waals surface area contributed by atoms with Gasteiger partial charge in [0.15, 0.2) is 0 Å². The molecule has 0 aliphatic heterocycles. The van der Waals surface area contributed by atoms with Crippen LogP contribution in [0.3, 0.4) is 0 Å². The summed E-state index contributed by atoms with van der Waals surface area (Å²) in [4.78, 5) is 2.68. The Hall–Kier alpha value is -1.13. The minimum Gasteiger partial charge on any atom is -0.393 e. The summed E-state index contributed by atoms with van der Waals surface area (Å²) in [5, 5.41) is 9.30. The molecule has 0 amide bonds. The summed E-state index contributed by atoms with van der Waals surface area (Å²) in [6.45, 7) is 3.02. The number of aliphatic hydroxyl groups excluding tert-OH is 1. The Balaban J connectivity index is 2.04. The second-order valence-corrected chi connectivity index (χ2v) is 5.68. The molecule has 0 atom stereocenters. The molecule has 0 unspecified atom stereocenters. The van der Waals surface area contributed by atoms with Gasteiger partial charge in [-0.15, -0.1) is 0 Å². The molecule has 4 heteroatoms. The van der Waals surface area contributed by atoms with Gasteiger partial charge in [-0.25, -0.2) is 0 Å². The number of aliphatic hydroxyl groups is 1. The number of hydrogen-bond donors (Lipinski definition) is 2. The van der Waals surface area contributed by atoms with Gasteiger partial charge in [-0.2, -0.15) is 0 Å². The number of aryl methyl sites for hydroxylation is 1. The van der Waals surface area contributed by atoms with Gasteiger partial charge in [0.25, 0.3) is 0 Å². The largest absolute Gasteiger partial charge is 0.393 e. The molecule has 0 aromatic heterocycles. The van der Waals surface area contributed by atoms with Crippen molar-refractivity contribution in [3.8, 4) is 0 Å². The lowest BCUT2D eigenvalue weighted by Gasteiger charge is -2.35. The van der Waals surface area contributed by atoms with Gasteiger partial charge in [0.05, 0.1) is 6.10 Å². The van der Waals surface area contributed by atoms with E-state index in [1.54, 1.807) is 0 Å². The van der Waals surface area contributed by atoms with Crippen molar-refractivity contribution >= 4 is 22.9 Å². The lowest BCUT2D eigenvalue weighted by molar-refractivity contribution is 0.0465. The smallest absolute Gasteiger partial charge is 0.104 e. The third-order valence-corrected chi connectivity index (χ3v) is 3.88. The minimum atomic E-state index is -0.0814. The van der Waals surface area contributed by atoms with E-state index >= 15 is 0 Å². The summed E-state index contributed by atoms with van der Waals surface area (Å²) in [5.74, 6) is 0.612. The lowest BCUT2D eigenvalue weighted by atomic mass is 9.82. The van der Waals surface area contributed by atoms with E-state index in [9.17, 15) is 5.11 Å². The van der Waals surface area contributed by atoms with Crippen LogP contribution in [0.4, 0.5) is 5.69 Å². The molecule has 2 rings (SSSR count). The summed E-state index contributed by atoms with van der Waals surface area (Å²) < 4.78 is 0. The fourth-order valence-electron chi connectivity index (χ4n) is 2.50. The molecule has 0 bridgehead atoms. The van der Waals surface area contributed by atoms with Gasteiger partial charge >= 0.3 is 0 Å². The van der Waals surface area contributed by atoms with Gasteiger partial charge in [-0.05, 0) is 49.4 Å². The normalized spacial score (nSPS) is 22.4. The number of rotatable bonds is 4. The molecule has 1 aromatic carbocycles. The van der Waals surface area contributed by atoms with Gasteiger partial charge < -0.3 is 15.7 Å². The van der Waals surface area contributed by atoms with Crippen molar-refractivity contribution in [2.24, 2.45) is 11.7 Å². The highest BCUT2D eigenvalue weighted by molar-refractivity contribution is 7.80. The molecule has 1 fully saturated rings. The maximum Gasteiger partial charge on any atom is 0.104 e. The first-order chi connectivity index (χ1) is 8.47. The first-order valence-electron chi connectivity index (χ1n) is 6.27. The molecule has 1 aliphatic carbocycles. The summed E-state index contributed by atoms with van der Waals surface area (Å²) >= 11 is 5.01. The Kier molecular flexibility index (Phi) is 3.88. The molecule has 18 heavy (non-hydrogen) atoms. The highest BCUT2D eigenvalue weighted by Gasteiger charge is 2.28. The highest BCUT2D eigenvalue weighted by atomic mass is 32.1. The van der Waals surface area contributed by atoms with Crippen LogP contribution < -0.4 is 10.6 Å². The zero-order valence-corrected chi connectivity index (χ0v) is 11.7. The number of hydrogen-bond acceptors (Lipinski definition) is 3. The Morgan fingerprint density at radius 3 is 2.67 bits per heavy atom. The fourth-order valence-corrected chi connectivity index (χ4v) is 2.73. The average molecular weight is 264 g/mol.